The number of hydrogen-bond donors (Lipinski definition) is 1. The average molecular weight is 292 g/mol. The van der Waals surface area contributed by atoms with Gasteiger partial charge in [0.15, 0.2) is 0 Å². The lowest BCUT2D eigenvalue weighted by atomic mass is 9.95. The van der Waals surface area contributed by atoms with Gasteiger partial charge in [-0.3, -0.25) is 0 Å². The number of esters is 1. The fourth-order valence-corrected chi connectivity index (χ4v) is 2.59. The summed E-state index contributed by atoms with van der Waals surface area (Å²) >= 11 is 0. The van der Waals surface area contributed by atoms with Crippen LogP contribution in [0.25, 0.3) is 10.8 Å². The molecule has 3 nitrogen and oxygen atoms in total. The highest BCUT2D eigenvalue weighted by Crippen LogP contribution is 2.29. The SMILES string of the molecule is COC(=O)c1ccc(C(O)c2cccc3ccccc23)cc1. The molecular formula is C19H16O3. The lowest BCUT2D eigenvalue weighted by molar-refractivity contribution is 0.0600. The van der Waals surface area contributed by atoms with E-state index in [9.17, 15) is 9.90 Å². The molecule has 0 bridgehead atoms. The van der Waals surface area contributed by atoms with Crippen molar-refractivity contribution in [2.75, 3.05) is 7.11 Å². The first-order valence-corrected chi connectivity index (χ1v) is 7.04. The van der Waals surface area contributed by atoms with E-state index in [0.29, 0.717) is 5.56 Å². The minimum Gasteiger partial charge on any atom is -0.465 e. The van der Waals surface area contributed by atoms with E-state index >= 15 is 0 Å². The van der Waals surface area contributed by atoms with Gasteiger partial charge in [-0.05, 0) is 34.0 Å². The largest absolute Gasteiger partial charge is 0.465 e. The van der Waals surface area contributed by atoms with Gasteiger partial charge in [-0.2, -0.15) is 0 Å². The Labute approximate surface area is 128 Å². The van der Waals surface area contributed by atoms with Gasteiger partial charge in [0.25, 0.3) is 0 Å². The first kappa shape index (κ1) is 14.3. The Balaban J connectivity index is 1.99. The molecule has 0 aliphatic rings. The maximum atomic E-state index is 11.5. The van der Waals surface area contributed by atoms with Crippen molar-refractivity contribution in [1.82, 2.24) is 0 Å². The van der Waals surface area contributed by atoms with Crippen LogP contribution in [0.4, 0.5) is 0 Å². The zero-order valence-electron chi connectivity index (χ0n) is 12.2. The Morgan fingerprint density at radius 3 is 2.36 bits per heavy atom. The van der Waals surface area contributed by atoms with Crippen molar-refractivity contribution >= 4 is 16.7 Å². The van der Waals surface area contributed by atoms with Crippen LogP contribution in [0.3, 0.4) is 0 Å². The molecule has 0 aliphatic heterocycles. The van der Waals surface area contributed by atoms with Crippen molar-refractivity contribution in [2.45, 2.75) is 6.10 Å². The van der Waals surface area contributed by atoms with Crippen LogP contribution in [0.2, 0.25) is 0 Å². The molecule has 0 heterocycles. The van der Waals surface area contributed by atoms with E-state index in [-0.39, 0.29) is 5.97 Å². The van der Waals surface area contributed by atoms with Gasteiger partial charge in [-0.25, -0.2) is 4.79 Å². The van der Waals surface area contributed by atoms with Crippen LogP contribution in [-0.4, -0.2) is 18.2 Å². The first-order valence-electron chi connectivity index (χ1n) is 7.04. The minimum absolute atomic E-state index is 0.383. The Bertz CT molecular complexity index is 801. The molecule has 22 heavy (non-hydrogen) atoms. The minimum atomic E-state index is -0.738. The van der Waals surface area contributed by atoms with Crippen LogP contribution in [0.1, 0.15) is 27.6 Å². The van der Waals surface area contributed by atoms with Crippen molar-refractivity contribution < 1.29 is 14.6 Å². The third kappa shape index (κ3) is 2.59. The molecule has 3 aromatic rings. The van der Waals surface area contributed by atoms with E-state index in [0.717, 1.165) is 21.9 Å². The lowest BCUT2D eigenvalue weighted by Gasteiger charge is -2.14. The van der Waals surface area contributed by atoms with Gasteiger partial charge < -0.3 is 9.84 Å². The summed E-state index contributed by atoms with van der Waals surface area (Å²) in [5.74, 6) is -0.383. The van der Waals surface area contributed by atoms with Crippen molar-refractivity contribution in [3.05, 3.63) is 83.4 Å². The maximum Gasteiger partial charge on any atom is 0.337 e. The second kappa shape index (κ2) is 6.00. The fourth-order valence-electron chi connectivity index (χ4n) is 2.59. The number of benzene rings is 3. The number of aliphatic hydroxyl groups excluding tert-OH is 1. The molecule has 0 radical (unpaired) electrons. The molecule has 0 spiro atoms. The molecule has 110 valence electrons. The maximum absolute atomic E-state index is 11.5. The summed E-state index contributed by atoms with van der Waals surface area (Å²) in [6.45, 7) is 0. The Morgan fingerprint density at radius 1 is 0.955 bits per heavy atom. The molecule has 3 rings (SSSR count). The quantitative estimate of drug-likeness (QED) is 0.749. The summed E-state index contributed by atoms with van der Waals surface area (Å²) in [4.78, 5) is 11.5. The predicted octanol–water partition coefficient (Wildman–Crippen LogP) is 3.71. The summed E-state index contributed by atoms with van der Waals surface area (Å²) in [5, 5.41) is 12.8. The predicted molar refractivity (Wildman–Crippen MR) is 85.8 cm³/mol. The van der Waals surface area contributed by atoms with Crippen LogP contribution < -0.4 is 0 Å². The molecule has 0 aliphatic carbocycles. The molecule has 0 aromatic heterocycles. The second-order valence-corrected chi connectivity index (χ2v) is 5.08. The van der Waals surface area contributed by atoms with Gasteiger partial charge in [-0.1, -0.05) is 54.6 Å². The summed E-state index contributed by atoms with van der Waals surface area (Å²) < 4.78 is 4.68. The van der Waals surface area contributed by atoms with Crippen LogP contribution in [0.15, 0.2) is 66.7 Å². The highest BCUT2D eigenvalue weighted by atomic mass is 16.5. The first-order chi connectivity index (χ1) is 10.7. The summed E-state index contributed by atoms with van der Waals surface area (Å²) in [7, 11) is 1.35. The van der Waals surface area contributed by atoms with Crippen molar-refractivity contribution in [3.8, 4) is 0 Å². The highest BCUT2D eigenvalue weighted by molar-refractivity contribution is 5.89. The van der Waals surface area contributed by atoms with E-state index < -0.39 is 6.10 Å². The third-order valence-electron chi connectivity index (χ3n) is 3.77. The van der Waals surface area contributed by atoms with Crippen molar-refractivity contribution in [3.63, 3.8) is 0 Å². The number of methoxy groups -OCH3 is 1. The molecular weight excluding hydrogens is 276 g/mol. The molecule has 0 saturated carbocycles. The number of fused-ring (bicyclic) bond motifs is 1. The fraction of sp³-hybridized carbons (Fsp3) is 0.105. The van der Waals surface area contributed by atoms with Crippen LogP contribution >= 0.6 is 0 Å². The van der Waals surface area contributed by atoms with Crippen molar-refractivity contribution in [1.29, 1.82) is 0 Å². The Kier molecular flexibility index (Phi) is 3.90. The molecule has 1 N–H and O–H groups in total. The van der Waals surface area contributed by atoms with Gasteiger partial charge in [0, 0.05) is 0 Å². The monoisotopic (exact) mass is 292 g/mol. The third-order valence-corrected chi connectivity index (χ3v) is 3.77. The molecule has 1 atom stereocenters. The van der Waals surface area contributed by atoms with E-state index in [1.807, 2.05) is 42.5 Å². The van der Waals surface area contributed by atoms with Gasteiger partial charge in [0.1, 0.15) is 6.10 Å². The van der Waals surface area contributed by atoms with Gasteiger partial charge in [-0.15, -0.1) is 0 Å². The topological polar surface area (TPSA) is 46.5 Å². The zero-order valence-corrected chi connectivity index (χ0v) is 12.2. The standard InChI is InChI=1S/C19H16O3/c1-22-19(21)15-11-9-14(10-12-15)18(20)17-8-4-6-13-5-2-3-7-16(13)17/h2-12,18,20H,1H3. The summed E-state index contributed by atoms with van der Waals surface area (Å²) in [6, 6.07) is 20.6. The molecule has 3 aromatic carbocycles. The molecule has 1 unspecified atom stereocenters. The molecule has 0 amide bonds. The van der Waals surface area contributed by atoms with E-state index in [1.165, 1.54) is 7.11 Å². The number of carbonyl (C=O) groups is 1. The van der Waals surface area contributed by atoms with Gasteiger partial charge in [0.2, 0.25) is 0 Å². The van der Waals surface area contributed by atoms with E-state index in [4.69, 9.17) is 0 Å². The van der Waals surface area contributed by atoms with E-state index in [2.05, 4.69) is 4.74 Å². The number of rotatable bonds is 3. The molecule has 0 saturated heterocycles. The number of aliphatic hydroxyl groups is 1. The van der Waals surface area contributed by atoms with Crippen LogP contribution in [-0.2, 0) is 4.74 Å². The normalized spacial score (nSPS) is 12.1. The highest BCUT2D eigenvalue weighted by Gasteiger charge is 2.14. The van der Waals surface area contributed by atoms with Crippen molar-refractivity contribution in [2.24, 2.45) is 0 Å². The lowest BCUT2D eigenvalue weighted by Crippen LogP contribution is -2.04. The second-order valence-electron chi connectivity index (χ2n) is 5.08. The Hall–Kier alpha value is -2.65. The van der Waals surface area contributed by atoms with Crippen LogP contribution in [0.5, 0.6) is 0 Å². The van der Waals surface area contributed by atoms with Crippen LogP contribution in [0, 0.1) is 0 Å². The van der Waals surface area contributed by atoms with E-state index in [1.54, 1.807) is 24.3 Å². The summed E-state index contributed by atoms with van der Waals surface area (Å²) in [6.07, 6.45) is -0.738. The Morgan fingerprint density at radius 2 is 1.64 bits per heavy atom. The zero-order chi connectivity index (χ0) is 15.5. The number of ether oxygens (including phenoxy) is 1. The van der Waals surface area contributed by atoms with Gasteiger partial charge >= 0.3 is 5.97 Å². The molecule has 0 fully saturated rings. The average Bonchev–Trinajstić information content (AvgIpc) is 2.60. The molecule has 3 heteroatoms. The number of hydrogen-bond acceptors (Lipinski definition) is 3. The number of carbonyl (C=O) groups excluding carboxylic acids is 1. The summed E-state index contributed by atoms with van der Waals surface area (Å²) in [5.41, 5.74) is 2.06. The smallest absolute Gasteiger partial charge is 0.337 e. The van der Waals surface area contributed by atoms with Gasteiger partial charge in [0.05, 0.1) is 12.7 Å².